The monoisotopic (exact) mass is 278 g/mol. The van der Waals surface area contributed by atoms with Gasteiger partial charge in [-0.25, -0.2) is 0 Å². The van der Waals surface area contributed by atoms with Crippen LogP contribution in [0.4, 0.5) is 0 Å². The molecular weight excluding hydrogens is 256 g/mol. The van der Waals surface area contributed by atoms with E-state index in [4.69, 9.17) is 0 Å². The second-order valence-corrected chi connectivity index (χ2v) is 5.40. The average molecular weight is 278 g/mol. The van der Waals surface area contributed by atoms with Gasteiger partial charge in [-0.1, -0.05) is 6.92 Å². The Morgan fingerprint density at radius 2 is 2.05 bits per heavy atom. The number of carbonyl (C=O) groups excluding carboxylic acids is 1. The van der Waals surface area contributed by atoms with Gasteiger partial charge in [0.05, 0.1) is 6.54 Å². The number of likely N-dealkylation sites (N-methyl/N-ethyl adjacent to an activating group) is 1. The maximum absolute atomic E-state index is 12.2. The summed E-state index contributed by atoms with van der Waals surface area (Å²) < 4.78 is 0. The normalized spacial score (nSPS) is 21.0. The molecular formula is C15H22N2O3. The predicted molar refractivity (Wildman–Crippen MR) is 77.3 cm³/mol. The first-order chi connectivity index (χ1) is 9.51. The zero-order valence-corrected chi connectivity index (χ0v) is 12.0. The Bertz CT molecular complexity index is 490. The number of hydrogen-bond acceptors (Lipinski definition) is 5. The minimum Gasteiger partial charge on any atom is -0.504 e. The number of Topliss-reactive ketones (excluding diaryl/α,β-unsaturated/α-hetero) is 1. The topological polar surface area (TPSA) is 64.0 Å². The summed E-state index contributed by atoms with van der Waals surface area (Å²) >= 11 is 0. The number of hydrogen-bond donors (Lipinski definition) is 2. The summed E-state index contributed by atoms with van der Waals surface area (Å²) in [6.45, 7) is 5.25. The largest absolute Gasteiger partial charge is 0.504 e. The number of benzene rings is 1. The second-order valence-electron chi connectivity index (χ2n) is 5.40. The molecule has 0 radical (unpaired) electrons. The molecule has 5 nitrogen and oxygen atoms in total. The quantitative estimate of drug-likeness (QED) is 0.642. The molecule has 0 amide bonds. The van der Waals surface area contributed by atoms with Crippen molar-refractivity contribution < 1.29 is 15.0 Å². The Morgan fingerprint density at radius 1 is 1.30 bits per heavy atom. The van der Waals surface area contributed by atoms with Crippen LogP contribution in [0.1, 0.15) is 23.7 Å². The molecule has 0 bridgehead atoms. The van der Waals surface area contributed by atoms with Crippen molar-refractivity contribution in [1.29, 1.82) is 0 Å². The lowest BCUT2D eigenvalue weighted by Crippen LogP contribution is -2.52. The molecule has 5 heteroatoms. The summed E-state index contributed by atoms with van der Waals surface area (Å²) in [4.78, 5) is 16.7. The smallest absolute Gasteiger partial charge is 0.176 e. The molecule has 110 valence electrons. The number of piperazine rings is 1. The summed E-state index contributed by atoms with van der Waals surface area (Å²) in [6.07, 6.45) is 1.07. The number of aromatic hydroxyl groups is 2. The Hall–Kier alpha value is -1.59. The van der Waals surface area contributed by atoms with E-state index in [0.29, 0.717) is 18.2 Å². The summed E-state index contributed by atoms with van der Waals surface area (Å²) in [5.74, 6) is -0.479. The van der Waals surface area contributed by atoms with Gasteiger partial charge in [0, 0.05) is 31.2 Å². The van der Waals surface area contributed by atoms with Crippen LogP contribution in [0.3, 0.4) is 0 Å². The van der Waals surface area contributed by atoms with Gasteiger partial charge in [-0.15, -0.1) is 0 Å². The zero-order chi connectivity index (χ0) is 14.7. The van der Waals surface area contributed by atoms with Crippen LogP contribution < -0.4 is 0 Å². The minimum absolute atomic E-state index is 0.0280. The molecule has 1 fully saturated rings. The number of ketones is 1. The number of phenolic OH excluding ortho intramolecular Hbond substituents is 2. The van der Waals surface area contributed by atoms with Gasteiger partial charge in [-0.05, 0) is 31.7 Å². The standard InChI is InChI=1S/C15H22N2O3/c1-3-12-9-17(7-6-16(12)2)10-15(20)11-4-5-13(18)14(19)8-11/h4-5,8,12,18-19H,3,6-7,9-10H2,1-2H3. The third-order valence-electron chi connectivity index (χ3n) is 4.00. The van der Waals surface area contributed by atoms with Gasteiger partial charge in [-0.2, -0.15) is 0 Å². The van der Waals surface area contributed by atoms with E-state index >= 15 is 0 Å². The first-order valence-electron chi connectivity index (χ1n) is 6.99. The highest BCUT2D eigenvalue weighted by Crippen LogP contribution is 2.25. The van der Waals surface area contributed by atoms with Crippen LogP contribution in [-0.2, 0) is 0 Å². The first kappa shape index (κ1) is 14.8. The zero-order valence-electron chi connectivity index (χ0n) is 12.0. The highest BCUT2D eigenvalue weighted by atomic mass is 16.3. The Balaban J connectivity index is 1.99. The van der Waals surface area contributed by atoms with E-state index in [9.17, 15) is 15.0 Å². The molecule has 1 aromatic rings. The van der Waals surface area contributed by atoms with Crippen molar-refractivity contribution in [3.8, 4) is 11.5 Å². The van der Waals surface area contributed by atoms with Gasteiger partial charge in [-0.3, -0.25) is 9.69 Å². The highest BCUT2D eigenvalue weighted by Gasteiger charge is 2.24. The lowest BCUT2D eigenvalue weighted by Gasteiger charge is -2.38. The van der Waals surface area contributed by atoms with Crippen LogP contribution in [0, 0.1) is 0 Å². The summed E-state index contributed by atoms with van der Waals surface area (Å²) in [5.41, 5.74) is 0.437. The van der Waals surface area contributed by atoms with Crippen molar-refractivity contribution in [2.24, 2.45) is 0 Å². The molecule has 0 saturated carbocycles. The van der Waals surface area contributed by atoms with E-state index < -0.39 is 0 Å². The van der Waals surface area contributed by atoms with Gasteiger partial charge < -0.3 is 15.1 Å². The third kappa shape index (κ3) is 3.29. The minimum atomic E-state index is -0.249. The molecule has 0 aliphatic carbocycles. The Labute approximate surface area is 119 Å². The van der Waals surface area contributed by atoms with Crippen molar-refractivity contribution in [1.82, 2.24) is 9.80 Å². The SMILES string of the molecule is CCC1CN(CC(=O)c2ccc(O)c(O)c2)CCN1C. The molecule has 1 aliphatic rings. The second kappa shape index (κ2) is 6.24. The third-order valence-corrected chi connectivity index (χ3v) is 4.00. The molecule has 2 rings (SSSR count). The van der Waals surface area contributed by atoms with Crippen LogP contribution in [0.15, 0.2) is 18.2 Å². The van der Waals surface area contributed by atoms with Crippen molar-refractivity contribution in [2.75, 3.05) is 33.2 Å². The summed E-state index contributed by atoms with van der Waals surface area (Å²) in [7, 11) is 2.12. The number of rotatable bonds is 4. The van der Waals surface area contributed by atoms with Gasteiger partial charge in [0.2, 0.25) is 0 Å². The average Bonchev–Trinajstić information content (AvgIpc) is 2.43. The Morgan fingerprint density at radius 3 is 2.70 bits per heavy atom. The fourth-order valence-electron chi connectivity index (χ4n) is 2.59. The number of nitrogens with zero attached hydrogens (tertiary/aromatic N) is 2. The predicted octanol–water partition coefficient (Wildman–Crippen LogP) is 1.31. The van der Waals surface area contributed by atoms with E-state index in [1.54, 1.807) is 6.07 Å². The van der Waals surface area contributed by atoms with Crippen molar-refractivity contribution in [2.45, 2.75) is 19.4 Å². The number of carbonyl (C=O) groups is 1. The molecule has 2 N–H and O–H groups in total. The molecule has 1 saturated heterocycles. The molecule has 1 unspecified atom stereocenters. The lowest BCUT2D eigenvalue weighted by molar-refractivity contribution is 0.0742. The van der Waals surface area contributed by atoms with Gasteiger partial charge in [0.1, 0.15) is 0 Å². The van der Waals surface area contributed by atoms with Crippen molar-refractivity contribution >= 4 is 5.78 Å². The summed E-state index contributed by atoms with van der Waals surface area (Å²) in [6, 6.07) is 4.71. The summed E-state index contributed by atoms with van der Waals surface area (Å²) in [5, 5.41) is 18.7. The molecule has 1 heterocycles. The fourth-order valence-corrected chi connectivity index (χ4v) is 2.59. The van der Waals surface area contributed by atoms with Gasteiger partial charge in [0.15, 0.2) is 17.3 Å². The van der Waals surface area contributed by atoms with E-state index in [1.165, 1.54) is 12.1 Å². The van der Waals surface area contributed by atoms with Crippen LogP contribution in [0.25, 0.3) is 0 Å². The molecule has 1 aromatic carbocycles. The number of phenols is 2. The highest BCUT2D eigenvalue weighted by molar-refractivity contribution is 5.98. The maximum atomic E-state index is 12.2. The first-order valence-corrected chi connectivity index (χ1v) is 6.99. The maximum Gasteiger partial charge on any atom is 0.176 e. The fraction of sp³-hybridized carbons (Fsp3) is 0.533. The van der Waals surface area contributed by atoms with Crippen molar-refractivity contribution in [3.05, 3.63) is 23.8 Å². The Kier molecular flexibility index (Phi) is 4.62. The van der Waals surface area contributed by atoms with E-state index in [-0.39, 0.29) is 17.3 Å². The van der Waals surface area contributed by atoms with Gasteiger partial charge >= 0.3 is 0 Å². The van der Waals surface area contributed by atoms with Crippen LogP contribution in [-0.4, -0.2) is 65.1 Å². The van der Waals surface area contributed by atoms with Crippen LogP contribution in [0.5, 0.6) is 11.5 Å². The molecule has 0 spiro atoms. The van der Waals surface area contributed by atoms with Crippen LogP contribution >= 0.6 is 0 Å². The molecule has 1 aliphatic heterocycles. The van der Waals surface area contributed by atoms with E-state index in [1.807, 2.05) is 0 Å². The van der Waals surface area contributed by atoms with Gasteiger partial charge in [0.25, 0.3) is 0 Å². The molecule has 1 atom stereocenters. The lowest BCUT2D eigenvalue weighted by atomic mass is 10.1. The van der Waals surface area contributed by atoms with E-state index in [0.717, 1.165) is 26.1 Å². The molecule has 20 heavy (non-hydrogen) atoms. The van der Waals surface area contributed by atoms with Crippen molar-refractivity contribution in [3.63, 3.8) is 0 Å². The molecule has 0 aromatic heterocycles. The van der Waals surface area contributed by atoms with Crippen LogP contribution in [0.2, 0.25) is 0 Å². The van der Waals surface area contributed by atoms with E-state index in [2.05, 4.69) is 23.8 Å².